The number of benzene rings is 1. The number of aliphatic hydroxyl groups is 1. The first-order chi connectivity index (χ1) is 9.77. The molecule has 0 aliphatic rings. The Balaban J connectivity index is 3.16. The summed E-state index contributed by atoms with van der Waals surface area (Å²) in [6, 6.07) is 5.08. The zero-order valence-corrected chi connectivity index (χ0v) is 12.5. The zero-order chi connectivity index (χ0) is 16.0. The van der Waals surface area contributed by atoms with Gasteiger partial charge in [-0.15, -0.1) is 0 Å². The Morgan fingerprint density at radius 1 is 1.33 bits per heavy atom. The van der Waals surface area contributed by atoms with E-state index in [1.54, 1.807) is 0 Å². The molecule has 9 nitrogen and oxygen atoms in total. The number of carbonyl (C=O) groups excluding carboxylic acids is 1. The predicted octanol–water partition coefficient (Wildman–Crippen LogP) is -0.517. The van der Waals surface area contributed by atoms with E-state index in [0.717, 1.165) is 12.3 Å². The summed E-state index contributed by atoms with van der Waals surface area (Å²) in [5, 5.41) is 8.48. The number of ether oxygens (including phenoxy) is 1. The molecular weight excluding hydrogens is 326 g/mol. The van der Waals surface area contributed by atoms with Crippen molar-refractivity contribution in [3.8, 4) is 0 Å². The molecule has 11 heteroatoms. The minimum atomic E-state index is -3.75. The number of hydrogen-bond acceptors (Lipinski definition) is 8. The van der Waals surface area contributed by atoms with Crippen molar-refractivity contribution in [2.75, 3.05) is 23.9 Å². The molecule has 0 radical (unpaired) electrons. The van der Waals surface area contributed by atoms with E-state index in [9.17, 15) is 21.6 Å². The average Bonchev–Trinajstić information content (AvgIpc) is 2.41. The third kappa shape index (κ3) is 4.88. The normalized spacial score (nSPS) is 11.2. The van der Waals surface area contributed by atoms with Crippen LogP contribution < -0.4 is 4.47 Å². The molecule has 1 aromatic carbocycles. The Hall–Kier alpha value is -1.85. The number of nitrogens with zero attached hydrogens (tertiary/aromatic N) is 1. The van der Waals surface area contributed by atoms with Crippen molar-refractivity contribution >= 4 is 32.6 Å². The molecule has 0 heterocycles. The van der Waals surface area contributed by atoms with Gasteiger partial charge >= 0.3 is 6.16 Å². The van der Waals surface area contributed by atoms with E-state index in [1.807, 2.05) is 0 Å². The van der Waals surface area contributed by atoms with Gasteiger partial charge in [0.25, 0.3) is 10.9 Å². The molecule has 0 fully saturated rings. The number of hydrogen-bond donors (Lipinski definition) is 2. The van der Waals surface area contributed by atoms with Gasteiger partial charge in [0, 0.05) is 6.26 Å². The summed E-state index contributed by atoms with van der Waals surface area (Å²) in [4.78, 5) is 15.3. The van der Waals surface area contributed by atoms with Crippen LogP contribution in [0.4, 0.5) is 10.5 Å². The number of anilines is 1. The van der Waals surface area contributed by atoms with Crippen molar-refractivity contribution in [1.82, 2.24) is 0 Å². The fourth-order valence-electron chi connectivity index (χ4n) is 1.33. The van der Waals surface area contributed by atoms with Crippen LogP contribution in [-0.4, -0.2) is 47.6 Å². The van der Waals surface area contributed by atoms with Gasteiger partial charge in [-0.05, 0) is 12.1 Å². The summed E-state index contributed by atoms with van der Waals surface area (Å²) in [6.45, 7) is -0.866. The number of aliphatic hydroxyl groups excluding tert-OH is 1. The third-order valence-electron chi connectivity index (χ3n) is 2.09. The van der Waals surface area contributed by atoms with Crippen molar-refractivity contribution in [2.24, 2.45) is 0 Å². The third-order valence-corrected chi connectivity index (χ3v) is 3.83. The van der Waals surface area contributed by atoms with Gasteiger partial charge in [0.2, 0.25) is 0 Å². The molecule has 1 aromatic rings. The molecule has 0 saturated carbocycles. The first kappa shape index (κ1) is 17.2. The minimum absolute atomic E-state index is 0.116. The van der Waals surface area contributed by atoms with Crippen molar-refractivity contribution in [3.05, 3.63) is 24.3 Å². The zero-order valence-electron chi connectivity index (χ0n) is 10.8. The molecule has 1 rings (SSSR count). The van der Waals surface area contributed by atoms with Crippen LogP contribution in [0.1, 0.15) is 0 Å². The Kier molecular flexibility index (Phi) is 5.93. The maximum absolute atomic E-state index is 11.6. The summed E-state index contributed by atoms with van der Waals surface area (Å²) in [7, 11) is -7.21. The van der Waals surface area contributed by atoms with Gasteiger partial charge in [0.15, 0.2) is 9.84 Å². The molecule has 0 aliphatic carbocycles. The first-order valence-corrected chi connectivity index (χ1v) is 8.48. The lowest BCUT2D eigenvalue weighted by Gasteiger charge is -2.18. The van der Waals surface area contributed by atoms with E-state index < -0.39 is 40.1 Å². The molecule has 0 aromatic heterocycles. The van der Waals surface area contributed by atoms with E-state index in [4.69, 9.17) is 5.11 Å². The van der Waals surface area contributed by atoms with Crippen LogP contribution in [0.25, 0.3) is 0 Å². The van der Waals surface area contributed by atoms with Crippen molar-refractivity contribution in [1.29, 1.82) is 0 Å². The van der Waals surface area contributed by atoms with Crippen LogP contribution in [-0.2, 0) is 30.3 Å². The highest BCUT2D eigenvalue weighted by molar-refractivity contribution is 7.91. The number of rotatable bonds is 6. The highest BCUT2D eigenvalue weighted by Gasteiger charge is 2.23. The number of para-hydroxylation sites is 1. The summed E-state index contributed by atoms with van der Waals surface area (Å²) in [5.41, 5.74) is -0.350. The minimum Gasteiger partial charge on any atom is -0.430 e. The van der Waals surface area contributed by atoms with Gasteiger partial charge in [-0.25, -0.2) is 21.6 Å². The standard InChI is InChI=1S/C10H13NO8S2/c1-21(16,17)9-5-3-2-4-8(9)11(20(14)15)19-10(13)18-7-6-12/h2-5,12,20H,6-7H2,1H3. The summed E-state index contributed by atoms with van der Waals surface area (Å²) < 4.78 is 50.0. The van der Waals surface area contributed by atoms with Crippen LogP contribution in [0.5, 0.6) is 0 Å². The van der Waals surface area contributed by atoms with Gasteiger partial charge in [-0.1, -0.05) is 16.6 Å². The lowest BCUT2D eigenvalue weighted by molar-refractivity contribution is 0.0474. The molecule has 1 N–H and O–H groups in total. The molecule has 0 aliphatic heterocycles. The second kappa shape index (κ2) is 7.24. The monoisotopic (exact) mass is 339 g/mol. The van der Waals surface area contributed by atoms with Gasteiger partial charge in [-0.2, -0.15) is 0 Å². The Labute approximate surface area is 122 Å². The summed E-state index contributed by atoms with van der Waals surface area (Å²) in [5.74, 6) is 0. The Bertz CT molecular complexity index is 674. The van der Waals surface area contributed by atoms with Crippen LogP contribution in [0.15, 0.2) is 29.2 Å². The second-order valence-electron chi connectivity index (χ2n) is 3.66. The molecule has 0 unspecified atom stereocenters. The number of sulfone groups is 1. The predicted molar refractivity (Wildman–Crippen MR) is 71.9 cm³/mol. The van der Waals surface area contributed by atoms with E-state index >= 15 is 0 Å². The fourth-order valence-corrected chi connectivity index (χ4v) is 2.73. The van der Waals surface area contributed by atoms with E-state index in [0.29, 0.717) is 0 Å². The average molecular weight is 339 g/mol. The maximum atomic E-state index is 11.6. The lowest BCUT2D eigenvalue weighted by Crippen LogP contribution is -2.28. The van der Waals surface area contributed by atoms with Crippen LogP contribution in [0.2, 0.25) is 0 Å². The molecule has 21 heavy (non-hydrogen) atoms. The van der Waals surface area contributed by atoms with Gasteiger partial charge < -0.3 is 9.84 Å². The molecule has 0 bridgehead atoms. The van der Waals surface area contributed by atoms with Crippen LogP contribution in [0.3, 0.4) is 0 Å². The van der Waals surface area contributed by atoms with Crippen LogP contribution in [0, 0.1) is 0 Å². The van der Waals surface area contributed by atoms with E-state index in [1.165, 1.54) is 18.2 Å². The Morgan fingerprint density at radius 2 is 1.95 bits per heavy atom. The topological polar surface area (TPSA) is 127 Å². The molecule has 0 spiro atoms. The van der Waals surface area contributed by atoms with Gasteiger partial charge in [-0.3, -0.25) is 4.84 Å². The summed E-state index contributed by atoms with van der Waals surface area (Å²) in [6.07, 6.45) is -0.516. The highest BCUT2D eigenvalue weighted by Crippen LogP contribution is 2.25. The number of thiol groups is 1. The first-order valence-electron chi connectivity index (χ1n) is 5.46. The van der Waals surface area contributed by atoms with Crippen molar-refractivity contribution in [3.63, 3.8) is 0 Å². The highest BCUT2D eigenvalue weighted by atomic mass is 32.2. The lowest BCUT2D eigenvalue weighted by atomic mass is 10.3. The van der Waals surface area contributed by atoms with Crippen LogP contribution >= 0.6 is 0 Å². The van der Waals surface area contributed by atoms with Gasteiger partial charge in [0.05, 0.1) is 11.5 Å². The maximum Gasteiger partial charge on any atom is 0.534 e. The Morgan fingerprint density at radius 3 is 2.48 bits per heavy atom. The molecular formula is C10H13NO8S2. The van der Waals surface area contributed by atoms with Crippen molar-refractivity contribution < 1.29 is 36.3 Å². The quantitative estimate of drug-likeness (QED) is 0.403. The van der Waals surface area contributed by atoms with Gasteiger partial charge in [0.1, 0.15) is 12.3 Å². The fraction of sp³-hybridized carbons (Fsp3) is 0.300. The van der Waals surface area contributed by atoms with E-state index in [2.05, 4.69) is 9.57 Å². The summed E-state index contributed by atoms with van der Waals surface area (Å²) >= 11 is 0. The molecule has 0 atom stereocenters. The number of carbonyl (C=O) groups is 1. The smallest absolute Gasteiger partial charge is 0.430 e. The SMILES string of the molecule is CS(=O)(=O)c1ccccc1N(OC(=O)OCCO)[SH](=O)=O. The second-order valence-corrected chi connectivity index (χ2v) is 6.49. The molecule has 118 valence electrons. The van der Waals surface area contributed by atoms with E-state index in [-0.39, 0.29) is 15.1 Å². The van der Waals surface area contributed by atoms with Crippen molar-refractivity contribution in [2.45, 2.75) is 4.90 Å². The largest absolute Gasteiger partial charge is 0.534 e. The molecule has 0 amide bonds. The molecule has 0 saturated heterocycles.